The van der Waals surface area contributed by atoms with Crippen LogP contribution in [0.1, 0.15) is 46.5 Å². The lowest BCUT2D eigenvalue weighted by atomic mass is 9.93. The fraction of sp³-hybridized carbons (Fsp3) is 0.882. The molecule has 2 aliphatic rings. The first-order valence-electron chi connectivity index (χ1n) is 8.60. The normalized spacial score (nSPS) is 23.5. The van der Waals surface area contributed by atoms with Crippen molar-refractivity contribution in [1.82, 2.24) is 9.80 Å². The second-order valence-electron chi connectivity index (χ2n) is 7.76. The summed E-state index contributed by atoms with van der Waals surface area (Å²) in [6, 6.07) is 0. The lowest BCUT2D eigenvalue weighted by Crippen LogP contribution is -2.42. The Hall–Kier alpha value is -0.970. The molecular formula is C17H29ClN2O3. The highest BCUT2D eigenvalue weighted by Gasteiger charge is 2.30. The van der Waals surface area contributed by atoms with Crippen LogP contribution in [0.2, 0.25) is 0 Å². The van der Waals surface area contributed by atoms with Gasteiger partial charge in [-0.3, -0.25) is 4.79 Å². The first kappa shape index (κ1) is 18.4. The van der Waals surface area contributed by atoms with Gasteiger partial charge >= 0.3 is 6.09 Å². The summed E-state index contributed by atoms with van der Waals surface area (Å²) in [5.41, 5.74) is -0.441. The topological polar surface area (TPSA) is 49.9 Å². The van der Waals surface area contributed by atoms with Crippen molar-refractivity contribution in [2.45, 2.75) is 52.1 Å². The summed E-state index contributed by atoms with van der Waals surface area (Å²) in [7, 11) is 0. The van der Waals surface area contributed by atoms with E-state index in [1.54, 1.807) is 4.90 Å². The van der Waals surface area contributed by atoms with Gasteiger partial charge in [0.25, 0.3) is 0 Å². The van der Waals surface area contributed by atoms with Crippen LogP contribution in [-0.4, -0.2) is 59.5 Å². The molecule has 2 rings (SSSR count). The number of likely N-dealkylation sites (tertiary alicyclic amines) is 2. The highest BCUT2D eigenvalue weighted by Crippen LogP contribution is 2.25. The number of piperidine rings is 1. The SMILES string of the molecule is CC(C)(C)OC(=O)N1CCC(CCN2CC(CCl)CC2=O)CC1. The smallest absolute Gasteiger partial charge is 0.410 e. The number of rotatable bonds is 4. The Morgan fingerprint density at radius 2 is 1.91 bits per heavy atom. The van der Waals surface area contributed by atoms with E-state index in [1.165, 1.54) is 0 Å². The number of hydrogen-bond acceptors (Lipinski definition) is 3. The van der Waals surface area contributed by atoms with Crippen LogP contribution in [0.15, 0.2) is 0 Å². The Balaban J connectivity index is 1.69. The molecule has 23 heavy (non-hydrogen) atoms. The van der Waals surface area contributed by atoms with Crippen molar-refractivity contribution >= 4 is 23.6 Å². The van der Waals surface area contributed by atoms with Crippen molar-refractivity contribution in [1.29, 1.82) is 0 Å². The van der Waals surface area contributed by atoms with Gasteiger partial charge in [0.15, 0.2) is 0 Å². The highest BCUT2D eigenvalue weighted by atomic mass is 35.5. The largest absolute Gasteiger partial charge is 0.444 e. The van der Waals surface area contributed by atoms with Crippen molar-refractivity contribution in [3.05, 3.63) is 0 Å². The Morgan fingerprint density at radius 3 is 2.43 bits per heavy atom. The standard InChI is InChI=1S/C17H29ClN2O3/c1-17(2,3)23-16(22)19-7-4-13(5-8-19)6-9-20-12-14(11-18)10-15(20)21/h13-14H,4-12H2,1-3H3. The monoisotopic (exact) mass is 344 g/mol. The molecule has 0 saturated carbocycles. The zero-order valence-electron chi connectivity index (χ0n) is 14.5. The molecule has 0 radical (unpaired) electrons. The van der Waals surface area contributed by atoms with Gasteiger partial charge in [-0.1, -0.05) is 0 Å². The van der Waals surface area contributed by atoms with E-state index in [9.17, 15) is 9.59 Å². The van der Waals surface area contributed by atoms with Crippen LogP contribution in [0.3, 0.4) is 0 Å². The van der Waals surface area contributed by atoms with E-state index < -0.39 is 5.60 Å². The number of nitrogens with zero attached hydrogens (tertiary/aromatic N) is 2. The number of halogens is 1. The summed E-state index contributed by atoms with van der Waals surface area (Å²) in [6.45, 7) is 8.79. The molecule has 6 heteroatoms. The molecule has 0 spiro atoms. The summed E-state index contributed by atoms with van der Waals surface area (Å²) in [6.07, 6.45) is 3.37. The molecule has 0 aromatic rings. The first-order valence-corrected chi connectivity index (χ1v) is 9.13. The van der Waals surface area contributed by atoms with E-state index in [0.717, 1.165) is 45.4 Å². The molecule has 5 nitrogen and oxygen atoms in total. The van der Waals surface area contributed by atoms with E-state index >= 15 is 0 Å². The summed E-state index contributed by atoms with van der Waals surface area (Å²) >= 11 is 5.85. The average Bonchev–Trinajstić information content (AvgIpc) is 2.84. The van der Waals surface area contributed by atoms with Crippen LogP contribution < -0.4 is 0 Å². The predicted octanol–water partition coefficient (Wildman–Crippen LogP) is 3.11. The molecule has 2 amide bonds. The summed E-state index contributed by atoms with van der Waals surface area (Å²) in [5.74, 6) is 1.70. The van der Waals surface area contributed by atoms with Crippen LogP contribution in [0, 0.1) is 11.8 Å². The van der Waals surface area contributed by atoms with Crippen LogP contribution >= 0.6 is 11.6 Å². The Labute approximate surface area is 144 Å². The van der Waals surface area contributed by atoms with Crippen molar-refractivity contribution in [2.75, 3.05) is 32.1 Å². The van der Waals surface area contributed by atoms with E-state index in [2.05, 4.69) is 0 Å². The van der Waals surface area contributed by atoms with Gasteiger partial charge in [0.05, 0.1) is 0 Å². The second-order valence-corrected chi connectivity index (χ2v) is 8.07. The van der Waals surface area contributed by atoms with Gasteiger partial charge in [-0.05, 0) is 51.9 Å². The molecule has 2 aliphatic heterocycles. The molecule has 1 atom stereocenters. The van der Waals surface area contributed by atoms with Gasteiger partial charge in [-0.15, -0.1) is 11.6 Å². The molecule has 0 aliphatic carbocycles. The van der Waals surface area contributed by atoms with Crippen LogP contribution in [-0.2, 0) is 9.53 Å². The van der Waals surface area contributed by atoms with E-state index in [4.69, 9.17) is 16.3 Å². The molecule has 0 bridgehead atoms. The fourth-order valence-electron chi connectivity index (χ4n) is 3.24. The highest BCUT2D eigenvalue weighted by molar-refractivity contribution is 6.18. The molecule has 0 aromatic carbocycles. The molecular weight excluding hydrogens is 316 g/mol. The zero-order chi connectivity index (χ0) is 17.0. The van der Waals surface area contributed by atoms with Gasteiger partial charge in [0, 0.05) is 38.5 Å². The van der Waals surface area contributed by atoms with Gasteiger partial charge in [-0.2, -0.15) is 0 Å². The molecule has 2 saturated heterocycles. The molecule has 0 aromatic heterocycles. The quantitative estimate of drug-likeness (QED) is 0.736. The molecule has 1 unspecified atom stereocenters. The zero-order valence-corrected chi connectivity index (χ0v) is 15.3. The molecule has 2 fully saturated rings. The minimum Gasteiger partial charge on any atom is -0.444 e. The van der Waals surface area contributed by atoms with Gasteiger partial charge < -0.3 is 14.5 Å². The van der Waals surface area contributed by atoms with E-state index in [-0.39, 0.29) is 12.0 Å². The molecule has 132 valence electrons. The fourth-order valence-corrected chi connectivity index (χ4v) is 3.45. The Bertz CT molecular complexity index is 428. The second kappa shape index (κ2) is 7.73. The maximum atomic E-state index is 12.0. The van der Waals surface area contributed by atoms with E-state index in [1.807, 2.05) is 25.7 Å². The predicted molar refractivity (Wildman–Crippen MR) is 90.6 cm³/mol. The number of carbonyl (C=O) groups excluding carboxylic acids is 2. The Kier molecular flexibility index (Phi) is 6.18. The third kappa shape index (κ3) is 5.55. The minimum atomic E-state index is -0.441. The summed E-state index contributed by atoms with van der Waals surface area (Å²) in [5, 5.41) is 0. The van der Waals surface area contributed by atoms with Crippen LogP contribution in [0.4, 0.5) is 4.79 Å². The lowest BCUT2D eigenvalue weighted by molar-refractivity contribution is -0.127. The minimum absolute atomic E-state index is 0.212. The van der Waals surface area contributed by atoms with Gasteiger partial charge in [0.1, 0.15) is 5.60 Å². The maximum Gasteiger partial charge on any atom is 0.410 e. The number of carbonyl (C=O) groups is 2. The lowest BCUT2D eigenvalue weighted by Gasteiger charge is -2.34. The first-order chi connectivity index (χ1) is 10.8. The van der Waals surface area contributed by atoms with Gasteiger partial charge in [0.2, 0.25) is 5.91 Å². The summed E-state index contributed by atoms with van der Waals surface area (Å²) in [4.78, 5) is 27.7. The van der Waals surface area contributed by atoms with Crippen molar-refractivity contribution < 1.29 is 14.3 Å². The van der Waals surface area contributed by atoms with Crippen LogP contribution in [0.25, 0.3) is 0 Å². The van der Waals surface area contributed by atoms with Gasteiger partial charge in [-0.25, -0.2) is 4.79 Å². The number of alkyl halides is 1. The van der Waals surface area contributed by atoms with Crippen molar-refractivity contribution in [3.63, 3.8) is 0 Å². The molecule has 2 heterocycles. The van der Waals surface area contributed by atoms with E-state index in [0.29, 0.717) is 24.1 Å². The number of amides is 2. The van der Waals surface area contributed by atoms with Crippen molar-refractivity contribution in [3.8, 4) is 0 Å². The van der Waals surface area contributed by atoms with Crippen LogP contribution in [0.5, 0.6) is 0 Å². The number of hydrogen-bond donors (Lipinski definition) is 0. The third-order valence-electron chi connectivity index (χ3n) is 4.59. The molecule has 0 N–H and O–H groups in total. The Morgan fingerprint density at radius 1 is 1.26 bits per heavy atom. The van der Waals surface area contributed by atoms with Crippen molar-refractivity contribution in [2.24, 2.45) is 11.8 Å². The summed E-state index contributed by atoms with van der Waals surface area (Å²) < 4.78 is 5.41. The number of ether oxygens (including phenoxy) is 1. The maximum absolute atomic E-state index is 12.0. The average molecular weight is 345 g/mol. The third-order valence-corrected chi connectivity index (χ3v) is 5.02.